The van der Waals surface area contributed by atoms with Crippen LogP contribution in [0.3, 0.4) is 0 Å². The summed E-state index contributed by atoms with van der Waals surface area (Å²) in [6, 6.07) is 0. The summed E-state index contributed by atoms with van der Waals surface area (Å²) in [5.74, 6) is 1.54. The van der Waals surface area contributed by atoms with E-state index in [1.165, 1.54) is 0 Å². The van der Waals surface area contributed by atoms with Gasteiger partial charge in [-0.15, -0.1) is 0 Å². The SMILES string of the molecule is CN(C)c1cncc(OC2CC2)c1OC(C)(C)C. The van der Waals surface area contributed by atoms with E-state index in [0.29, 0.717) is 6.10 Å². The molecule has 100 valence electrons. The Morgan fingerprint density at radius 2 is 1.89 bits per heavy atom. The molecule has 1 aromatic heterocycles. The van der Waals surface area contributed by atoms with Crippen LogP contribution in [-0.2, 0) is 0 Å². The summed E-state index contributed by atoms with van der Waals surface area (Å²) < 4.78 is 11.9. The summed E-state index contributed by atoms with van der Waals surface area (Å²) in [6.07, 6.45) is 6.14. The van der Waals surface area contributed by atoms with Crippen molar-refractivity contribution in [3.63, 3.8) is 0 Å². The molecule has 0 radical (unpaired) electrons. The van der Waals surface area contributed by atoms with Crippen LogP contribution in [0.4, 0.5) is 5.69 Å². The second-order valence-electron chi connectivity index (χ2n) is 5.91. The number of aromatic nitrogens is 1. The molecule has 0 atom stereocenters. The molecule has 1 heterocycles. The van der Waals surface area contributed by atoms with E-state index in [1.807, 2.05) is 39.8 Å². The van der Waals surface area contributed by atoms with E-state index in [1.54, 1.807) is 12.4 Å². The Morgan fingerprint density at radius 1 is 1.22 bits per heavy atom. The Bertz CT molecular complexity index is 420. The van der Waals surface area contributed by atoms with Gasteiger partial charge in [-0.05, 0) is 33.6 Å². The molecule has 0 spiro atoms. The second-order valence-corrected chi connectivity index (χ2v) is 5.91. The minimum atomic E-state index is -0.256. The predicted octanol–water partition coefficient (Wildman–Crippen LogP) is 2.87. The molecule has 1 aliphatic rings. The lowest BCUT2D eigenvalue weighted by Crippen LogP contribution is -2.25. The molecule has 18 heavy (non-hydrogen) atoms. The molecule has 0 amide bonds. The molecular formula is C14H22N2O2. The van der Waals surface area contributed by atoms with E-state index in [0.717, 1.165) is 30.0 Å². The first kappa shape index (κ1) is 13.0. The molecule has 0 N–H and O–H groups in total. The first-order valence-electron chi connectivity index (χ1n) is 6.38. The van der Waals surface area contributed by atoms with Gasteiger partial charge in [0.15, 0.2) is 11.5 Å². The number of pyridine rings is 1. The van der Waals surface area contributed by atoms with Gasteiger partial charge in [0.25, 0.3) is 0 Å². The van der Waals surface area contributed by atoms with Crippen molar-refractivity contribution in [1.82, 2.24) is 4.98 Å². The molecular weight excluding hydrogens is 228 g/mol. The Kier molecular flexibility index (Phi) is 3.37. The van der Waals surface area contributed by atoms with Gasteiger partial charge in [-0.1, -0.05) is 0 Å². The maximum Gasteiger partial charge on any atom is 0.188 e. The van der Waals surface area contributed by atoms with Crippen molar-refractivity contribution in [3.05, 3.63) is 12.4 Å². The molecule has 0 bridgehead atoms. The van der Waals surface area contributed by atoms with Gasteiger partial charge >= 0.3 is 0 Å². The van der Waals surface area contributed by atoms with Crippen LogP contribution in [0.1, 0.15) is 33.6 Å². The summed E-state index contributed by atoms with van der Waals surface area (Å²) in [5.41, 5.74) is 0.691. The molecule has 0 saturated heterocycles. The third kappa shape index (κ3) is 3.28. The molecule has 4 nitrogen and oxygen atoms in total. The first-order valence-corrected chi connectivity index (χ1v) is 6.38. The van der Waals surface area contributed by atoms with Gasteiger partial charge < -0.3 is 14.4 Å². The van der Waals surface area contributed by atoms with Crippen molar-refractivity contribution < 1.29 is 9.47 Å². The Morgan fingerprint density at radius 3 is 2.39 bits per heavy atom. The number of hydrogen-bond acceptors (Lipinski definition) is 4. The molecule has 0 unspecified atom stereocenters. The van der Waals surface area contributed by atoms with E-state index < -0.39 is 0 Å². The van der Waals surface area contributed by atoms with Gasteiger partial charge in [0.2, 0.25) is 0 Å². The number of hydrogen-bond donors (Lipinski definition) is 0. The fraction of sp³-hybridized carbons (Fsp3) is 0.643. The third-order valence-corrected chi connectivity index (χ3v) is 2.55. The average Bonchev–Trinajstić information content (AvgIpc) is 3.02. The highest BCUT2D eigenvalue weighted by Crippen LogP contribution is 2.40. The van der Waals surface area contributed by atoms with Crippen LogP contribution in [0.15, 0.2) is 12.4 Å². The Labute approximate surface area is 109 Å². The Balaban J connectivity index is 2.34. The summed E-state index contributed by atoms with van der Waals surface area (Å²) in [7, 11) is 3.96. The largest absolute Gasteiger partial charge is 0.485 e. The summed E-state index contributed by atoms with van der Waals surface area (Å²) in [4.78, 5) is 6.22. The fourth-order valence-electron chi connectivity index (χ4n) is 1.60. The minimum absolute atomic E-state index is 0.256. The molecule has 2 rings (SSSR count). The van der Waals surface area contributed by atoms with Crippen LogP contribution in [-0.4, -0.2) is 30.8 Å². The van der Waals surface area contributed by atoms with Crippen molar-refractivity contribution in [3.8, 4) is 11.5 Å². The molecule has 1 fully saturated rings. The van der Waals surface area contributed by atoms with Gasteiger partial charge in [0, 0.05) is 14.1 Å². The normalized spacial score (nSPS) is 15.4. The standard InChI is InChI=1S/C14H22N2O2/c1-14(2,3)18-13-11(16(4)5)8-15-9-12(13)17-10-6-7-10/h8-10H,6-7H2,1-5H3. The monoisotopic (exact) mass is 250 g/mol. The van der Waals surface area contributed by atoms with E-state index in [-0.39, 0.29) is 5.60 Å². The van der Waals surface area contributed by atoms with Gasteiger partial charge in [-0.3, -0.25) is 4.98 Å². The number of ether oxygens (including phenoxy) is 2. The number of rotatable bonds is 4. The van der Waals surface area contributed by atoms with E-state index >= 15 is 0 Å². The average molecular weight is 250 g/mol. The zero-order chi connectivity index (χ0) is 13.3. The van der Waals surface area contributed by atoms with E-state index in [2.05, 4.69) is 4.98 Å². The first-order chi connectivity index (χ1) is 8.37. The molecule has 1 aromatic rings. The fourth-order valence-corrected chi connectivity index (χ4v) is 1.60. The van der Waals surface area contributed by atoms with Gasteiger partial charge in [-0.25, -0.2) is 0 Å². The molecule has 4 heteroatoms. The number of anilines is 1. The van der Waals surface area contributed by atoms with Gasteiger partial charge in [0.05, 0.1) is 18.5 Å². The van der Waals surface area contributed by atoms with E-state index in [4.69, 9.17) is 9.47 Å². The Hall–Kier alpha value is -1.45. The molecule has 0 aliphatic heterocycles. The lowest BCUT2D eigenvalue weighted by atomic mass is 10.2. The topological polar surface area (TPSA) is 34.6 Å². The molecule has 1 saturated carbocycles. The van der Waals surface area contributed by atoms with Crippen LogP contribution < -0.4 is 14.4 Å². The van der Waals surface area contributed by atoms with Crippen LogP contribution in [0.2, 0.25) is 0 Å². The van der Waals surface area contributed by atoms with Crippen LogP contribution in [0, 0.1) is 0 Å². The lowest BCUT2D eigenvalue weighted by Gasteiger charge is -2.27. The van der Waals surface area contributed by atoms with Crippen LogP contribution in [0.5, 0.6) is 11.5 Å². The minimum Gasteiger partial charge on any atom is -0.485 e. The van der Waals surface area contributed by atoms with Crippen molar-refractivity contribution in [2.45, 2.75) is 45.3 Å². The van der Waals surface area contributed by atoms with Crippen LogP contribution in [0.25, 0.3) is 0 Å². The van der Waals surface area contributed by atoms with Crippen molar-refractivity contribution in [2.75, 3.05) is 19.0 Å². The highest BCUT2D eigenvalue weighted by Gasteiger charge is 2.27. The second kappa shape index (κ2) is 4.67. The number of nitrogens with zero attached hydrogens (tertiary/aromatic N) is 2. The highest BCUT2D eigenvalue weighted by molar-refractivity contribution is 5.62. The van der Waals surface area contributed by atoms with Crippen molar-refractivity contribution in [1.29, 1.82) is 0 Å². The highest BCUT2D eigenvalue weighted by atomic mass is 16.5. The zero-order valence-corrected chi connectivity index (χ0v) is 11.9. The zero-order valence-electron chi connectivity index (χ0n) is 11.9. The lowest BCUT2D eigenvalue weighted by molar-refractivity contribution is 0.123. The predicted molar refractivity (Wildman–Crippen MR) is 72.6 cm³/mol. The summed E-state index contributed by atoms with van der Waals surface area (Å²) in [5, 5.41) is 0. The molecule has 0 aromatic carbocycles. The van der Waals surface area contributed by atoms with Crippen molar-refractivity contribution in [2.24, 2.45) is 0 Å². The van der Waals surface area contributed by atoms with Gasteiger partial charge in [0.1, 0.15) is 11.3 Å². The van der Waals surface area contributed by atoms with E-state index in [9.17, 15) is 0 Å². The smallest absolute Gasteiger partial charge is 0.188 e. The summed E-state index contributed by atoms with van der Waals surface area (Å²) in [6.45, 7) is 6.11. The van der Waals surface area contributed by atoms with Crippen LogP contribution >= 0.6 is 0 Å². The quantitative estimate of drug-likeness (QED) is 0.823. The summed E-state index contributed by atoms with van der Waals surface area (Å²) >= 11 is 0. The molecule has 1 aliphatic carbocycles. The maximum absolute atomic E-state index is 6.05. The third-order valence-electron chi connectivity index (χ3n) is 2.55. The maximum atomic E-state index is 6.05. The van der Waals surface area contributed by atoms with Crippen molar-refractivity contribution >= 4 is 5.69 Å². The van der Waals surface area contributed by atoms with Gasteiger partial charge in [-0.2, -0.15) is 0 Å².